The molecule has 0 bridgehead atoms. The summed E-state index contributed by atoms with van der Waals surface area (Å²) in [6.45, 7) is 4.62. The molecule has 0 saturated heterocycles. The Kier molecular flexibility index (Phi) is 11.4. The summed E-state index contributed by atoms with van der Waals surface area (Å²) >= 11 is 9.31. The molecule has 0 fully saturated rings. The van der Waals surface area contributed by atoms with E-state index in [0.717, 1.165) is 6.42 Å². The first-order valence-corrected chi connectivity index (χ1v) is 13.3. The molecule has 2 amide bonds. The van der Waals surface area contributed by atoms with Gasteiger partial charge in [-0.15, -0.1) is 0 Å². The molecule has 0 heterocycles. The predicted octanol–water partition coefficient (Wildman–Crippen LogP) is 6.08. The lowest BCUT2D eigenvalue weighted by Gasteiger charge is -2.13. The quantitative estimate of drug-likeness (QED) is 0.178. The van der Waals surface area contributed by atoms with E-state index in [2.05, 4.69) is 31.8 Å². The van der Waals surface area contributed by atoms with Crippen LogP contribution in [0.5, 0.6) is 23.0 Å². The summed E-state index contributed by atoms with van der Waals surface area (Å²) in [5.41, 5.74) is 4.10. The van der Waals surface area contributed by atoms with Crippen LogP contribution in [0.4, 0.5) is 5.69 Å². The van der Waals surface area contributed by atoms with Crippen LogP contribution in [-0.4, -0.2) is 45.0 Å². The highest BCUT2D eigenvalue weighted by Crippen LogP contribution is 2.36. The highest BCUT2D eigenvalue weighted by Gasteiger charge is 2.14. The first-order valence-electron chi connectivity index (χ1n) is 12.1. The molecule has 0 aliphatic heterocycles. The number of halogens is 2. The van der Waals surface area contributed by atoms with Gasteiger partial charge in [-0.25, -0.2) is 5.43 Å². The maximum Gasteiger partial charge on any atom is 0.271 e. The third-order valence-corrected chi connectivity index (χ3v) is 5.92. The number of nitrogens with zero attached hydrogens (tertiary/aromatic N) is 1. The summed E-state index contributed by atoms with van der Waals surface area (Å²) in [6.07, 6.45) is 2.32. The largest absolute Gasteiger partial charge is 0.493 e. The molecule has 11 heteroatoms. The van der Waals surface area contributed by atoms with Crippen LogP contribution in [0, 0.1) is 0 Å². The lowest BCUT2D eigenvalue weighted by Crippen LogP contribution is -2.20. The number of rotatable bonds is 13. The molecular weight excluding hydrogens is 590 g/mol. The van der Waals surface area contributed by atoms with Crippen molar-refractivity contribution in [3.8, 4) is 23.0 Å². The van der Waals surface area contributed by atoms with Crippen molar-refractivity contribution in [1.29, 1.82) is 0 Å². The second kappa shape index (κ2) is 15.0. The molecule has 0 aliphatic rings. The Hall–Kier alpha value is -3.76. The van der Waals surface area contributed by atoms with E-state index in [1.807, 2.05) is 13.8 Å². The number of hydrogen-bond acceptors (Lipinski definition) is 7. The molecule has 9 nitrogen and oxygen atoms in total. The number of benzene rings is 3. The number of nitrogens with one attached hydrogen (secondary N) is 2. The fraction of sp³-hybridized carbons (Fsp3) is 0.250. The number of anilines is 1. The van der Waals surface area contributed by atoms with Crippen LogP contribution in [0.3, 0.4) is 0 Å². The van der Waals surface area contributed by atoms with E-state index >= 15 is 0 Å². The summed E-state index contributed by atoms with van der Waals surface area (Å²) in [5, 5.41) is 7.35. The van der Waals surface area contributed by atoms with Gasteiger partial charge in [0.25, 0.3) is 11.8 Å². The number of ether oxygens (including phenoxy) is 4. The van der Waals surface area contributed by atoms with E-state index in [4.69, 9.17) is 30.5 Å². The Morgan fingerprint density at radius 3 is 2.44 bits per heavy atom. The number of amides is 2. The van der Waals surface area contributed by atoms with E-state index in [-0.39, 0.29) is 12.5 Å². The summed E-state index contributed by atoms with van der Waals surface area (Å²) in [4.78, 5) is 24.9. The zero-order chi connectivity index (χ0) is 28.2. The number of carbonyl (C=O) groups is 2. The summed E-state index contributed by atoms with van der Waals surface area (Å²) in [5.74, 6) is 1.04. The van der Waals surface area contributed by atoms with Crippen LogP contribution in [0.1, 0.15) is 36.2 Å². The van der Waals surface area contributed by atoms with Gasteiger partial charge in [-0.1, -0.05) is 18.5 Å². The molecule has 0 unspecified atom stereocenters. The van der Waals surface area contributed by atoms with Gasteiger partial charge in [0.1, 0.15) is 0 Å². The number of carbonyl (C=O) groups excluding carboxylic acids is 2. The van der Waals surface area contributed by atoms with Gasteiger partial charge >= 0.3 is 0 Å². The Labute approximate surface area is 240 Å². The molecule has 206 valence electrons. The van der Waals surface area contributed by atoms with Crippen molar-refractivity contribution < 1.29 is 28.5 Å². The third-order valence-electron chi connectivity index (χ3n) is 5.07. The molecule has 0 radical (unpaired) electrons. The molecule has 2 N–H and O–H groups in total. The molecule has 3 aromatic carbocycles. The Bertz CT molecular complexity index is 1320. The topological polar surface area (TPSA) is 107 Å². The molecule has 0 aromatic heterocycles. The van der Waals surface area contributed by atoms with Crippen LogP contribution in [-0.2, 0) is 4.79 Å². The summed E-state index contributed by atoms with van der Waals surface area (Å²) in [6, 6.07) is 15.1. The van der Waals surface area contributed by atoms with Gasteiger partial charge in [0.15, 0.2) is 29.6 Å². The van der Waals surface area contributed by atoms with Crippen molar-refractivity contribution >= 4 is 51.2 Å². The highest BCUT2D eigenvalue weighted by atomic mass is 79.9. The number of hydrazone groups is 1. The molecule has 39 heavy (non-hydrogen) atoms. The SMILES string of the molecule is CCCOc1ccc(C(=O)N/N=C/c2cc(Br)c(OCC(=O)Nc3ccc(Cl)cc3)c(OC)c2)cc1OCC. The van der Waals surface area contributed by atoms with Crippen LogP contribution in [0.2, 0.25) is 5.02 Å². The van der Waals surface area contributed by atoms with Gasteiger partial charge in [-0.05, 0) is 89.4 Å². The molecule has 0 atom stereocenters. The minimum Gasteiger partial charge on any atom is -0.493 e. The molecule has 0 spiro atoms. The molecule has 3 aromatic rings. The van der Waals surface area contributed by atoms with E-state index in [0.29, 0.717) is 62.5 Å². The minimum atomic E-state index is -0.410. The first-order chi connectivity index (χ1) is 18.8. The predicted molar refractivity (Wildman–Crippen MR) is 155 cm³/mol. The van der Waals surface area contributed by atoms with Gasteiger partial charge in [-0.2, -0.15) is 5.10 Å². The van der Waals surface area contributed by atoms with Crippen molar-refractivity contribution in [1.82, 2.24) is 5.43 Å². The van der Waals surface area contributed by atoms with Gasteiger partial charge in [0.2, 0.25) is 0 Å². The number of hydrogen-bond donors (Lipinski definition) is 2. The fourth-order valence-corrected chi connectivity index (χ4v) is 4.00. The molecular formula is C28H29BrClN3O6. The van der Waals surface area contributed by atoms with Crippen molar-refractivity contribution in [2.75, 3.05) is 32.2 Å². The highest BCUT2D eigenvalue weighted by molar-refractivity contribution is 9.10. The second-order valence-electron chi connectivity index (χ2n) is 8.02. The average Bonchev–Trinajstić information content (AvgIpc) is 2.92. The fourth-order valence-electron chi connectivity index (χ4n) is 3.30. The van der Waals surface area contributed by atoms with Crippen LogP contribution < -0.4 is 29.7 Å². The van der Waals surface area contributed by atoms with Crippen LogP contribution >= 0.6 is 27.5 Å². The zero-order valence-electron chi connectivity index (χ0n) is 21.8. The van der Waals surface area contributed by atoms with E-state index in [1.165, 1.54) is 13.3 Å². The summed E-state index contributed by atoms with van der Waals surface area (Å²) < 4.78 is 22.9. The van der Waals surface area contributed by atoms with E-state index < -0.39 is 5.91 Å². The minimum absolute atomic E-state index is 0.243. The maximum absolute atomic E-state index is 12.6. The Morgan fingerprint density at radius 1 is 0.974 bits per heavy atom. The van der Waals surface area contributed by atoms with Gasteiger partial charge in [0.05, 0.1) is 31.0 Å². The van der Waals surface area contributed by atoms with Crippen LogP contribution in [0.25, 0.3) is 0 Å². The number of methoxy groups -OCH3 is 1. The van der Waals surface area contributed by atoms with Crippen molar-refractivity contribution in [2.45, 2.75) is 20.3 Å². The average molecular weight is 619 g/mol. The van der Waals surface area contributed by atoms with Crippen molar-refractivity contribution in [3.05, 3.63) is 75.2 Å². The normalized spacial score (nSPS) is 10.7. The van der Waals surface area contributed by atoms with E-state index in [9.17, 15) is 9.59 Å². The first kappa shape index (κ1) is 29.8. The summed E-state index contributed by atoms with van der Waals surface area (Å²) in [7, 11) is 1.48. The lowest BCUT2D eigenvalue weighted by molar-refractivity contribution is -0.118. The standard InChI is InChI=1S/C28H29BrClN3O6/c1-4-12-38-23-11-6-19(15-24(23)37-5-2)28(35)33-31-16-18-13-22(29)27(25(14-18)36-3)39-17-26(34)32-21-9-7-20(30)8-10-21/h6-11,13-16H,4-5,12,17H2,1-3H3,(H,32,34)(H,33,35)/b31-16+. The van der Waals surface area contributed by atoms with Gasteiger partial charge in [-0.3, -0.25) is 9.59 Å². The van der Waals surface area contributed by atoms with Crippen LogP contribution in [0.15, 0.2) is 64.2 Å². The second-order valence-corrected chi connectivity index (χ2v) is 9.31. The van der Waals surface area contributed by atoms with Crippen molar-refractivity contribution in [3.63, 3.8) is 0 Å². The Balaban J connectivity index is 1.63. The van der Waals surface area contributed by atoms with Gasteiger partial charge < -0.3 is 24.3 Å². The molecule has 0 aliphatic carbocycles. The molecule has 3 rings (SSSR count). The molecule has 0 saturated carbocycles. The Morgan fingerprint density at radius 2 is 1.74 bits per heavy atom. The smallest absolute Gasteiger partial charge is 0.271 e. The van der Waals surface area contributed by atoms with E-state index in [1.54, 1.807) is 54.6 Å². The lowest BCUT2D eigenvalue weighted by atomic mass is 10.2. The van der Waals surface area contributed by atoms with Crippen molar-refractivity contribution in [2.24, 2.45) is 5.10 Å². The maximum atomic E-state index is 12.6. The zero-order valence-corrected chi connectivity index (χ0v) is 24.1. The third kappa shape index (κ3) is 8.90. The monoisotopic (exact) mass is 617 g/mol. The van der Waals surface area contributed by atoms with Gasteiger partial charge in [0, 0.05) is 16.3 Å².